The van der Waals surface area contributed by atoms with Crippen LogP contribution in [0.4, 0.5) is 4.79 Å². The van der Waals surface area contributed by atoms with Gasteiger partial charge in [0.1, 0.15) is 6.61 Å². The molecular formula is C28H32N4O8. The molecule has 0 unspecified atom stereocenters. The second-order valence-electron chi connectivity index (χ2n) is 8.26. The molecule has 0 saturated carbocycles. The minimum absolute atomic E-state index is 0.183. The summed E-state index contributed by atoms with van der Waals surface area (Å²) in [6.45, 7) is 7.05. The largest absolute Gasteiger partial charge is 0.493 e. The summed E-state index contributed by atoms with van der Waals surface area (Å²) in [5, 5.41) is 9.29. The number of hydrazone groups is 1. The van der Waals surface area contributed by atoms with E-state index < -0.39 is 23.9 Å². The Morgan fingerprint density at radius 1 is 1.10 bits per heavy atom. The van der Waals surface area contributed by atoms with Gasteiger partial charge in [0.2, 0.25) is 0 Å². The molecule has 3 rings (SSSR count). The van der Waals surface area contributed by atoms with Crippen molar-refractivity contribution in [2.24, 2.45) is 5.10 Å². The van der Waals surface area contributed by atoms with Gasteiger partial charge in [-0.15, -0.1) is 0 Å². The summed E-state index contributed by atoms with van der Waals surface area (Å²) in [4.78, 5) is 37.1. The summed E-state index contributed by atoms with van der Waals surface area (Å²) in [7, 11) is 2.96. The monoisotopic (exact) mass is 552 g/mol. The molecule has 1 aliphatic heterocycles. The molecule has 0 bridgehead atoms. The van der Waals surface area contributed by atoms with Gasteiger partial charge in [0, 0.05) is 11.3 Å². The number of esters is 1. The van der Waals surface area contributed by atoms with Crippen LogP contribution in [0.5, 0.6) is 23.0 Å². The number of benzene rings is 2. The fourth-order valence-corrected chi connectivity index (χ4v) is 3.85. The Hall–Kier alpha value is -5.00. The summed E-state index contributed by atoms with van der Waals surface area (Å²) in [6.07, 6.45) is 3.03. The van der Waals surface area contributed by atoms with Crippen molar-refractivity contribution in [2.75, 3.05) is 34.0 Å². The van der Waals surface area contributed by atoms with Gasteiger partial charge in [-0.25, -0.2) is 15.0 Å². The second-order valence-corrected chi connectivity index (χ2v) is 8.26. The number of rotatable bonds is 13. The van der Waals surface area contributed by atoms with Crippen LogP contribution in [0.15, 0.2) is 65.4 Å². The maximum atomic E-state index is 12.6. The molecule has 2 aromatic carbocycles. The Bertz CT molecular complexity index is 1320. The lowest BCUT2D eigenvalue weighted by atomic mass is 9.95. The van der Waals surface area contributed by atoms with E-state index in [2.05, 4.69) is 27.7 Å². The zero-order valence-corrected chi connectivity index (χ0v) is 22.7. The predicted molar refractivity (Wildman–Crippen MR) is 147 cm³/mol. The van der Waals surface area contributed by atoms with Crippen LogP contribution >= 0.6 is 0 Å². The number of methoxy groups -OCH3 is 2. The average Bonchev–Trinajstić information content (AvgIpc) is 2.94. The normalized spacial score (nSPS) is 14.6. The Morgan fingerprint density at radius 3 is 2.58 bits per heavy atom. The van der Waals surface area contributed by atoms with E-state index >= 15 is 0 Å². The van der Waals surface area contributed by atoms with Gasteiger partial charge in [-0.3, -0.25) is 4.79 Å². The number of ether oxygens (including phenoxy) is 5. The molecule has 212 valence electrons. The van der Waals surface area contributed by atoms with E-state index in [0.29, 0.717) is 34.1 Å². The molecule has 3 amide bonds. The molecule has 0 saturated heterocycles. The van der Waals surface area contributed by atoms with E-state index in [9.17, 15) is 14.4 Å². The fourth-order valence-electron chi connectivity index (χ4n) is 3.85. The number of amides is 3. The maximum absolute atomic E-state index is 12.6. The number of carbonyl (C=O) groups excluding carboxylic acids is 3. The van der Waals surface area contributed by atoms with E-state index in [1.54, 1.807) is 56.3 Å². The molecule has 0 aliphatic carbocycles. The van der Waals surface area contributed by atoms with E-state index in [0.717, 1.165) is 0 Å². The topological polar surface area (TPSA) is 146 Å². The number of hydrogen-bond acceptors (Lipinski definition) is 9. The first-order chi connectivity index (χ1) is 19.3. The van der Waals surface area contributed by atoms with Gasteiger partial charge < -0.3 is 34.3 Å². The number of nitrogens with one attached hydrogen (secondary N) is 3. The quantitative estimate of drug-likeness (QED) is 0.149. The SMILES string of the molecule is C=CCOc1c(/C=N/NC(=O)COc2ccc([C@@H]3NC(=O)NC(C)=C3C(=O)OCC)cc2OC)cccc1OC. The van der Waals surface area contributed by atoms with Crippen molar-refractivity contribution in [1.29, 1.82) is 0 Å². The predicted octanol–water partition coefficient (Wildman–Crippen LogP) is 2.99. The van der Waals surface area contributed by atoms with Crippen LogP contribution in [0.1, 0.15) is 31.0 Å². The molecule has 2 aromatic rings. The first-order valence-corrected chi connectivity index (χ1v) is 12.3. The zero-order valence-electron chi connectivity index (χ0n) is 22.7. The summed E-state index contributed by atoms with van der Waals surface area (Å²) < 4.78 is 27.2. The van der Waals surface area contributed by atoms with Gasteiger partial charge in [-0.2, -0.15) is 5.10 Å². The molecule has 1 heterocycles. The molecule has 12 nitrogen and oxygen atoms in total. The molecule has 12 heteroatoms. The molecule has 1 aliphatic rings. The number of allylic oxidation sites excluding steroid dienone is 1. The Labute approximate surface area is 232 Å². The van der Waals surface area contributed by atoms with E-state index in [-0.39, 0.29) is 31.1 Å². The Kier molecular flexibility index (Phi) is 10.5. The lowest BCUT2D eigenvalue weighted by Gasteiger charge is -2.28. The average molecular weight is 553 g/mol. The Balaban J connectivity index is 1.69. The number of nitrogens with zero attached hydrogens (tertiary/aromatic N) is 1. The second kappa shape index (κ2) is 14.2. The first kappa shape index (κ1) is 29.6. The van der Waals surface area contributed by atoms with Gasteiger partial charge in [-0.1, -0.05) is 24.8 Å². The molecule has 0 spiro atoms. The number of hydrogen-bond donors (Lipinski definition) is 3. The molecule has 0 fully saturated rings. The van der Waals surface area contributed by atoms with Crippen LogP contribution in [0.2, 0.25) is 0 Å². The van der Waals surface area contributed by atoms with Crippen LogP contribution in [-0.4, -0.2) is 58.2 Å². The number of para-hydroxylation sites is 1. The van der Waals surface area contributed by atoms with Gasteiger partial charge in [0.05, 0.1) is 38.7 Å². The summed E-state index contributed by atoms with van der Waals surface area (Å²) in [5.74, 6) is 0.472. The molecule has 0 radical (unpaired) electrons. The summed E-state index contributed by atoms with van der Waals surface area (Å²) in [6, 6.07) is 8.89. The van der Waals surface area contributed by atoms with Crippen molar-refractivity contribution >= 4 is 24.1 Å². The van der Waals surface area contributed by atoms with Gasteiger partial charge >= 0.3 is 12.0 Å². The molecular weight excluding hydrogens is 520 g/mol. The van der Waals surface area contributed by atoms with Gasteiger partial charge in [0.15, 0.2) is 29.6 Å². The highest BCUT2D eigenvalue weighted by molar-refractivity contribution is 5.95. The van der Waals surface area contributed by atoms with E-state index in [1.807, 2.05) is 0 Å². The molecule has 3 N–H and O–H groups in total. The third-order valence-electron chi connectivity index (χ3n) is 5.61. The maximum Gasteiger partial charge on any atom is 0.338 e. The van der Waals surface area contributed by atoms with Crippen molar-refractivity contribution in [2.45, 2.75) is 19.9 Å². The van der Waals surface area contributed by atoms with Crippen molar-refractivity contribution in [3.63, 3.8) is 0 Å². The number of urea groups is 1. The summed E-state index contributed by atoms with van der Waals surface area (Å²) >= 11 is 0. The van der Waals surface area contributed by atoms with E-state index in [4.69, 9.17) is 23.7 Å². The molecule has 1 atom stereocenters. The van der Waals surface area contributed by atoms with Crippen LogP contribution < -0.4 is 35.0 Å². The van der Waals surface area contributed by atoms with Crippen LogP contribution in [0.25, 0.3) is 0 Å². The zero-order chi connectivity index (χ0) is 29.1. The minimum Gasteiger partial charge on any atom is -0.493 e. The van der Waals surface area contributed by atoms with Crippen molar-refractivity contribution in [3.8, 4) is 23.0 Å². The first-order valence-electron chi connectivity index (χ1n) is 12.3. The molecule has 0 aromatic heterocycles. The number of carbonyl (C=O) groups is 3. The standard InChI is InChI=1S/C28H32N4O8/c1-6-13-39-26-19(9-8-10-21(26)36-4)15-29-32-23(33)16-40-20-12-11-18(14-22(20)37-5)25-24(27(34)38-7-2)17(3)30-28(35)31-25/h6,8-12,14-15,25H,1,7,13,16H2,2-5H3,(H,32,33)(H2,30,31,35)/b29-15+/t25-/m0/s1. The van der Waals surface area contributed by atoms with Crippen molar-refractivity contribution in [3.05, 3.63) is 71.5 Å². The molecule has 40 heavy (non-hydrogen) atoms. The highest BCUT2D eigenvalue weighted by Gasteiger charge is 2.32. The van der Waals surface area contributed by atoms with Crippen LogP contribution in [0.3, 0.4) is 0 Å². The van der Waals surface area contributed by atoms with Crippen molar-refractivity contribution in [1.82, 2.24) is 16.1 Å². The smallest absolute Gasteiger partial charge is 0.338 e. The fraction of sp³-hybridized carbons (Fsp3) is 0.286. The Morgan fingerprint density at radius 2 is 1.88 bits per heavy atom. The van der Waals surface area contributed by atoms with Crippen LogP contribution in [-0.2, 0) is 14.3 Å². The van der Waals surface area contributed by atoms with Gasteiger partial charge in [-0.05, 0) is 43.7 Å². The lowest BCUT2D eigenvalue weighted by molar-refractivity contribution is -0.139. The van der Waals surface area contributed by atoms with E-state index in [1.165, 1.54) is 20.4 Å². The third kappa shape index (κ3) is 7.31. The lowest BCUT2D eigenvalue weighted by Crippen LogP contribution is -2.45. The highest BCUT2D eigenvalue weighted by Crippen LogP contribution is 2.34. The third-order valence-corrected chi connectivity index (χ3v) is 5.61. The van der Waals surface area contributed by atoms with Crippen molar-refractivity contribution < 1.29 is 38.1 Å². The van der Waals surface area contributed by atoms with Gasteiger partial charge in [0.25, 0.3) is 5.91 Å². The minimum atomic E-state index is -0.773. The summed E-state index contributed by atoms with van der Waals surface area (Å²) in [5.41, 5.74) is 4.20. The van der Waals surface area contributed by atoms with Crippen LogP contribution in [0, 0.1) is 0 Å². The highest BCUT2D eigenvalue weighted by atomic mass is 16.5.